The molecule has 0 spiro atoms. The van der Waals surface area contributed by atoms with Crippen molar-refractivity contribution in [3.05, 3.63) is 97.0 Å². The fraction of sp³-hybridized carbons (Fsp3) is 0.174. The lowest BCUT2D eigenvalue weighted by atomic mass is 10.1. The Morgan fingerprint density at radius 3 is 2.50 bits per heavy atom. The molecule has 32 heavy (non-hydrogen) atoms. The molecule has 0 atom stereocenters. The molecular weight excluding hydrogens is 436 g/mol. The van der Waals surface area contributed by atoms with Crippen LogP contribution in [0.1, 0.15) is 16.7 Å². The van der Waals surface area contributed by atoms with Crippen LogP contribution in [0.3, 0.4) is 0 Å². The van der Waals surface area contributed by atoms with E-state index in [2.05, 4.69) is 5.32 Å². The third-order valence-corrected chi connectivity index (χ3v) is 6.15. The third kappa shape index (κ3) is 4.11. The highest BCUT2D eigenvalue weighted by atomic mass is 32.1. The summed E-state index contributed by atoms with van der Waals surface area (Å²) in [4.78, 5) is 38.7. The van der Waals surface area contributed by atoms with Gasteiger partial charge in [-0.25, -0.2) is 13.6 Å². The minimum atomic E-state index is -0.925. The number of hydrogen-bond acceptors (Lipinski definition) is 4. The van der Waals surface area contributed by atoms with E-state index in [0.717, 1.165) is 33.4 Å². The molecule has 0 saturated carbocycles. The van der Waals surface area contributed by atoms with E-state index in [-0.39, 0.29) is 12.2 Å². The Labute approximate surface area is 185 Å². The Morgan fingerprint density at radius 2 is 1.78 bits per heavy atom. The second-order valence-electron chi connectivity index (χ2n) is 7.49. The van der Waals surface area contributed by atoms with Gasteiger partial charge in [0.1, 0.15) is 22.9 Å². The lowest BCUT2D eigenvalue weighted by Crippen LogP contribution is -2.41. The van der Waals surface area contributed by atoms with Crippen molar-refractivity contribution in [2.24, 2.45) is 0 Å². The quantitative estimate of drug-likeness (QED) is 0.498. The number of benzene rings is 2. The fourth-order valence-electron chi connectivity index (χ4n) is 3.43. The summed E-state index contributed by atoms with van der Waals surface area (Å²) in [6, 6.07) is 10.0. The monoisotopic (exact) mass is 455 g/mol. The maximum atomic E-state index is 13.9. The molecular formula is C23H19F2N3O3S. The van der Waals surface area contributed by atoms with E-state index in [1.54, 1.807) is 11.4 Å². The summed E-state index contributed by atoms with van der Waals surface area (Å²) in [6.45, 7) is 3.54. The Balaban J connectivity index is 1.72. The van der Waals surface area contributed by atoms with E-state index < -0.39 is 35.3 Å². The molecule has 0 bridgehead atoms. The van der Waals surface area contributed by atoms with Gasteiger partial charge in [0.05, 0.1) is 17.7 Å². The Kier molecular flexibility index (Phi) is 5.75. The van der Waals surface area contributed by atoms with Gasteiger partial charge >= 0.3 is 5.69 Å². The summed E-state index contributed by atoms with van der Waals surface area (Å²) in [7, 11) is 0. The number of halogens is 2. The second kappa shape index (κ2) is 8.51. The van der Waals surface area contributed by atoms with Crippen molar-refractivity contribution in [1.29, 1.82) is 0 Å². The fourth-order valence-corrected chi connectivity index (χ4v) is 4.28. The summed E-state index contributed by atoms with van der Waals surface area (Å²) in [5, 5.41) is 4.01. The topological polar surface area (TPSA) is 73.1 Å². The number of nitrogens with one attached hydrogen (secondary N) is 1. The van der Waals surface area contributed by atoms with Crippen molar-refractivity contribution in [1.82, 2.24) is 9.13 Å². The number of thiophene rings is 1. The predicted octanol–water partition coefficient (Wildman–Crippen LogP) is 3.81. The van der Waals surface area contributed by atoms with Crippen LogP contribution in [0.4, 0.5) is 14.5 Å². The zero-order valence-electron chi connectivity index (χ0n) is 17.3. The van der Waals surface area contributed by atoms with Crippen molar-refractivity contribution >= 4 is 33.1 Å². The first-order valence-electron chi connectivity index (χ1n) is 9.76. The number of anilines is 1. The average Bonchev–Trinajstić information content (AvgIpc) is 3.23. The number of nitrogens with zero attached hydrogens (tertiary/aromatic N) is 2. The molecule has 4 aromatic rings. The lowest BCUT2D eigenvalue weighted by Gasteiger charge is -2.13. The third-order valence-electron chi connectivity index (χ3n) is 5.26. The number of aryl methyl sites for hydroxylation is 2. The number of fused-ring (bicyclic) bond motifs is 1. The SMILES string of the molecule is Cc1ccc(Cn2c(=O)c3sccc3n(CC(=O)Nc3ccc(F)cc3F)c2=O)cc1C. The van der Waals surface area contributed by atoms with Crippen molar-refractivity contribution in [3.63, 3.8) is 0 Å². The molecule has 0 saturated heterocycles. The summed E-state index contributed by atoms with van der Waals surface area (Å²) in [5.74, 6) is -2.37. The van der Waals surface area contributed by atoms with Crippen LogP contribution in [0, 0.1) is 25.5 Å². The van der Waals surface area contributed by atoms with Gasteiger partial charge in [0, 0.05) is 6.07 Å². The largest absolute Gasteiger partial charge is 0.332 e. The summed E-state index contributed by atoms with van der Waals surface area (Å²) in [6.07, 6.45) is 0. The van der Waals surface area contributed by atoms with Crippen LogP contribution in [0.5, 0.6) is 0 Å². The smallest absolute Gasteiger partial charge is 0.322 e. The highest BCUT2D eigenvalue weighted by Gasteiger charge is 2.17. The minimum absolute atomic E-state index is 0.0564. The molecule has 0 aliphatic rings. The molecule has 0 radical (unpaired) electrons. The van der Waals surface area contributed by atoms with E-state index in [1.807, 2.05) is 32.0 Å². The normalized spacial score (nSPS) is 11.1. The molecule has 164 valence electrons. The van der Waals surface area contributed by atoms with Crippen LogP contribution < -0.4 is 16.6 Å². The molecule has 0 aliphatic carbocycles. The zero-order valence-corrected chi connectivity index (χ0v) is 18.1. The second-order valence-corrected chi connectivity index (χ2v) is 8.40. The van der Waals surface area contributed by atoms with Crippen LogP contribution in [0.25, 0.3) is 10.2 Å². The van der Waals surface area contributed by atoms with E-state index >= 15 is 0 Å². The lowest BCUT2D eigenvalue weighted by molar-refractivity contribution is -0.116. The number of carbonyl (C=O) groups is 1. The van der Waals surface area contributed by atoms with Gasteiger partial charge in [-0.15, -0.1) is 11.3 Å². The molecule has 2 aromatic carbocycles. The number of rotatable bonds is 5. The molecule has 9 heteroatoms. The van der Waals surface area contributed by atoms with Gasteiger partial charge in [-0.1, -0.05) is 18.2 Å². The average molecular weight is 455 g/mol. The van der Waals surface area contributed by atoms with Crippen LogP contribution >= 0.6 is 11.3 Å². The number of hydrogen-bond donors (Lipinski definition) is 1. The molecule has 1 amide bonds. The molecule has 0 fully saturated rings. The van der Waals surface area contributed by atoms with Crippen LogP contribution in [-0.4, -0.2) is 15.0 Å². The predicted molar refractivity (Wildman–Crippen MR) is 120 cm³/mol. The number of amides is 1. The minimum Gasteiger partial charge on any atom is -0.322 e. The Hall–Kier alpha value is -3.59. The molecule has 0 unspecified atom stereocenters. The van der Waals surface area contributed by atoms with Crippen LogP contribution in [0.15, 0.2) is 57.4 Å². The molecule has 2 aromatic heterocycles. The molecule has 2 heterocycles. The van der Waals surface area contributed by atoms with Crippen molar-refractivity contribution in [2.75, 3.05) is 5.32 Å². The zero-order chi connectivity index (χ0) is 23.0. The van der Waals surface area contributed by atoms with Crippen LogP contribution in [-0.2, 0) is 17.9 Å². The molecule has 0 aliphatic heterocycles. The first-order valence-corrected chi connectivity index (χ1v) is 10.6. The van der Waals surface area contributed by atoms with Gasteiger partial charge in [0.2, 0.25) is 5.91 Å². The van der Waals surface area contributed by atoms with Gasteiger partial charge in [-0.2, -0.15) is 0 Å². The van der Waals surface area contributed by atoms with E-state index in [1.165, 1.54) is 15.9 Å². The molecule has 4 rings (SSSR count). The standard InChI is InChI=1S/C23H19F2N3O3S/c1-13-3-4-15(9-14(13)2)11-28-22(30)21-19(7-8-32-21)27(23(28)31)12-20(29)26-18-6-5-16(24)10-17(18)25/h3-10H,11-12H2,1-2H3,(H,26,29). The van der Waals surface area contributed by atoms with Gasteiger partial charge in [0.15, 0.2) is 0 Å². The maximum Gasteiger partial charge on any atom is 0.332 e. The van der Waals surface area contributed by atoms with Gasteiger partial charge < -0.3 is 5.32 Å². The maximum absolute atomic E-state index is 13.9. The highest BCUT2D eigenvalue weighted by molar-refractivity contribution is 7.17. The molecule has 6 nitrogen and oxygen atoms in total. The summed E-state index contributed by atoms with van der Waals surface area (Å²) in [5.41, 5.74) is 1.97. The van der Waals surface area contributed by atoms with Crippen molar-refractivity contribution < 1.29 is 13.6 Å². The Bertz CT molecular complexity index is 1470. The highest BCUT2D eigenvalue weighted by Crippen LogP contribution is 2.18. The first kappa shape index (κ1) is 21.6. The van der Waals surface area contributed by atoms with Crippen LogP contribution in [0.2, 0.25) is 0 Å². The number of carbonyl (C=O) groups excluding carboxylic acids is 1. The van der Waals surface area contributed by atoms with Gasteiger partial charge in [0.25, 0.3) is 5.56 Å². The summed E-state index contributed by atoms with van der Waals surface area (Å²) < 4.78 is 29.6. The van der Waals surface area contributed by atoms with E-state index in [4.69, 9.17) is 0 Å². The Morgan fingerprint density at radius 1 is 1.00 bits per heavy atom. The number of aromatic nitrogens is 2. The van der Waals surface area contributed by atoms with Crippen molar-refractivity contribution in [3.8, 4) is 0 Å². The van der Waals surface area contributed by atoms with Gasteiger partial charge in [-0.05, 0) is 54.1 Å². The molecule has 1 N–H and O–H groups in total. The van der Waals surface area contributed by atoms with E-state index in [9.17, 15) is 23.2 Å². The summed E-state index contributed by atoms with van der Waals surface area (Å²) >= 11 is 1.18. The van der Waals surface area contributed by atoms with Crippen molar-refractivity contribution in [2.45, 2.75) is 26.9 Å². The van der Waals surface area contributed by atoms with Gasteiger partial charge in [-0.3, -0.25) is 18.7 Å². The van der Waals surface area contributed by atoms with E-state index in [0.29, 0.717) is 16.3 Å². The first-order chi connectivity index (χ1) is 15.2.